The van der Waals surface area contributed by atoms with E-state index in [-0.39, 0.29) is 40.6 Å². The first-order valence-electron chi connectivity index (χ1n) is 13.2. The largest absolute Gasteiger partial charge is 0.389 e. The van der Waals surface area contributed by atoms with Crippen LogP contribution in [0.4, 0.5) is 16.3 Å². The number of nitrogens with two attached hydrogens (primary N) is 1. The van der Waals surface area contributed by atoms with E-state index in [9.17, 15) is 14.4 Å². The molecular formula is C29H41N8O3+. The predicted octanol–water partition coefficient (Wildman–Crippen LogP) is 2.80. The summed E-state index contributed by atoms with van der Waals surface area (Å²) in [6.45, 7) is 6.91. The smallest absolute Gasteiger partial charge is 0.321 e. The Bertz CT molecular complexity index is 1310. The third kappa shape index (κ3) is 6.66. The summed E-state index contributed by atoms with van der Waals surface area (Å²) in [6, 6.07) is 10.6. The zero-order valence-electron chi connectivity index (χ0n) is 24.6. The van der Waals surface area contributed by atoms with Crippen molar-refractivity contribution >= 4 is 35.1 Å². The van der Waals surface area contributed by atoms with Gasteiger partial charge in [-0.05, 0) is 37.6 Å². The summed E-state index contributed by atoms with van der Waals surface area (Å²) in [4.78, 5) is 50.0. The molecule has 1 aromatic heterocycles. The second-order valence-electron chi connectivity index (χ2n) is 11.0. The summed E-state index contributed by atoms with van der Waals surface area (Å²) in [5.74, 6) is 0.149. The molecule has 4 amide bonds. The van der Waals surface area contributed by atoms with Gasteiger partial charge in [0.15, 0.2) is 11.4 Å². The van der Waals surface area contributed by atoms with E-state index >= 15 is 0 Å². The molecule has 3 rings (SSSR count). The molecule has 4 N–H and O–H groups in total. The number of hydrogen-bond acceptors (Lipinski definition) is 6. The molecule has 0 saturated carbocycles. The highest BCUT2D eigenvalue weighted by Crippen LogP contribution is 2.37. The number of anilines is 1. The average molecular weight is 550 g/mol. The van der Waals surface area contributed by atoms with E-state index < -0.39 is 5.91 Å². The molecule has 1 aliphatic rings. The maximum absolute atomic E-state index is 13.4. The van der Waals surface area contributed by atoms with Gasteiger partial charge < -0.3 is 26.2 Å². The summed E-state index contributed by atoms with van der Waals surface area (Å²) < 4.78 is 0.183. The molecule has 0 aliphatic carbocycles. The summed E-state index contributed by atoms with van der Waals surface area (Å²) in [7, 11) is 8.69. The molecule has 1 aliphatic heterocycles. The van der Waals surface area contributed by atoms with Crippen molar-refractivity contribution in [1.82, 2.24) is 24.6 Å². The van der Waals surface area contributed by atoms with Crippen LogP contribution < -0.4 is 20.9 Å². The number of carbonyl (C=O) groups excluding carboxylic acids is 3. The molecule has 11 nitrogen and oxygen atoms in total. The van der Waals surface area contributed by atoms with Gasteiger partial charge in [0, 0.05) is 58.7 Å². The Labute approximate surface area is 236 Å². The predicted molar refractivity (Wildman–Crippen MR) is 159 cm³/mol. The second kappa shape index (κ2) is 12.3. The molecule has 11 heteroatoms. The number of nitrogens with zero attached hydrogens (tertiary/aromatic N) is 5. The van der Waals surface area contributed by atoms with E-state index in [2.05, 4.69) is 22.5 Å². The number of allylic oxidation sites excluding steroid dienone is 1. The minimum absolute atomic E-state index is 0.00871. The number of aromatic nitrogens is 1. The molecule has 1 saturated heterocycles. The van der Waals surface area contributed by atoms with Crippen molar-refractivity contribution in [1.29, 1.82) is 0 Å². The fraction of sp³-hybridized carbons (Fsp3) is 0.414. The Balaban J connectivity index is 1.90. The van der Waals surface area contributed by atoms with Crippen LogP contribution in [0, 0.1) is 5.92 Å². The van der Waals surface area contributed by atoms with Crippen molar-refractivity contribution < 1.29 is 14.4 Å². The van der Waals surface area contributed by atoms with Gasteiger partial charge in [0.2, 0.25) is 5.82 Å². The molecule has 0 bridgehead atoms. The Morgan fingerprint density at radius 1 is 1.07 bits per heavy atom. The molecular weight excluding hydrogens is 508 g/mol. The summed E-state index contributed by atoms with van der Waals surface area (Å²) in [5, 5.41) is 5.70. The van der Waals surface area contributed by atoms with Crippen molar-refractivity contribution in [2.75, 3.05) is 47.1 Å². The number of amides is 4. The Morgan fingerprint density at radius 3 is 2.25 bits per heavy atom. The highest BCUT2D eigenvalue weighted by Gasteiger charge is 2.49. The lowest BCUT2D eigenvalue weighted by molar-refractivity contribution is -0.117. The lowest BCUT2D eigenvalue weighted by Gasteiger charge is -2.29. The van der Waals surface area contributed by atoms with E-state index in [0.29, 0.717) is 29.3 Å². The van der Waals surface area contributed by atoms with Crippen LogP contribution in [0.3, 0.4) is 0 Å². The van der Waals surface area contributed by atoms with Crippen molar-refractivity contribution in [3.05, 3.63) is 65.1 Å². The maximum Gasteiger partial charge on any atom is 0.321 e. The molecule has 40 heavy (non-hydrogen) atoms. The molecule has 2 aromatic rings. The minimum Gasteiger partial charge on any atom is -0.389 e. The first kappa shape index (κ1) is 30.3. The lowest BCUT2D eigenvalue weighted by Crippen LogP contribution is -2.45. The van der Waals surface area contributed by atoms with Crippen LogP contribution in [0.1, 0.15) is 36.7 Å². The van der Waals surface area contributed by atoms with Crippen LogP contribution in [-0.2, 0) is 11.3 Å². The van der Waals surface area contributed by atoms with Crippen LogP contribution in [0.25, 0.3) is 0 Å². The summed E-state index contributed by atoms with van der Waals surface area (Å²) in [6.07, 6.45) is 1.56. The number of benzene rings is 1. The number of hydrogen-bond donors (Lipinski definition) is 3. The fourth-order valence-corrected chi connectivity index (χ4v) is 4.68. The van der Waals surface area contributed by atoms with Crippen molar-refractivity contribution in [3.8, 4) is 0 Å². The van der Waals surface area contributed by atoms with Crippen LogP contribution in [0.2, 0.25) is 0 Å². The van der Waals surface area contributed by atoms with Gasteiger partial charge in [0.05, 0.1) is 25.1 Å². The normalized spacial score (nSPS) is 20.8. The van der Waals surface area contributed by atoms with Gasteiger partial charge in [-0.25, -0.2) is 14.3 Å². The van der Waals surface area contributed by atoms with Gasteiger partial charge in [-0.15, -0.1) is 0 Å². The van der Waals surface area contributed by atoms with E-state index in [1.54, 1.807) is 52.6 Å². The second-order valence-corrected chi connectivity index (χ2v) is 11.0. The van der Waals surface area contributed by atoms with Crippen LogP contribution >= 0.6 is 0 Å². The summed E-state index contributed by atoms with van der Waals surface area (Å²) >= 11 is 0. The number of aliphatic imine (C=N–C) groups is 1. The molecule has 1 aromatic carbocycles. The molecule has 0 spiro atoms. The first-order valence-corrected chi connectivity index (χ1v) is 13.2. The Morgan fingerprint density at radius 2 is 1.73 bits per heavy atom. The highest BCUT2D eigenvalue weighted by molar-refractivity contribution is 6.12. The van der Waals surface area contributed by atoms with Crippen molar-refractivity contribution in [3.63, 3.8) is 0 Å². The quantitative estimate of drug-likeness (QED) is 0.361. The highest BCUT2D eigenvalue weighted by atomic mass is 16.2. The van der Waals surface area contributed by atoms with Gasteiger partial charge in [-0.1, -0.05) is 19.1 Å². The van der Waals surface area contributed by atoms with E-state index in [4.69, 9.17) is 10.7 Å². The Hall–Kier alpha value is -4.25. The lowest BCUT2D eigenvalue weighted by atomic mass is 10.1. The third-order valence-electron chi connectivity index (χ3n) is 6.71. The topological polar surface area (TPSA) is 133 Å². The van der Waals surface area contributed by atoms with Gasteiger partial charge in [-0.2, -0.15) is 0 Å². The Kier molecular flexibility index (Phi) is 9.31. The SMILES string of the molecule is CC(C)N=C1/C(=C(\N)C(=O)NCc2ccc(NC(=O)N(C)C)cc2)[N+](C)(c2ccc(C(=O)N(C)C)cn2)CC1C. The molecule has 1 fully saturated rings. The number of urea groups is 1. The standard InChI is InChI=1S/C29H40N8O3/c1-18(2)33-25-19(3)17-37(8,23-14-11-21(16-31-23)28(39)35(4)5)26(25)24(30)27(38)32-15-20-9-12-22(13-10-20)34-29(40)36(6)7/h9-14,16,18-19H,15,17H2,1-8H3,(H3-,30,32,33,34,38,40)/p+1. The zero-order chi connectivity index (χ0) is 29.8. The average Bonchev–Trinajstić information content (AvgIpc) is 3.16. The van der Waals surface area contributed by atoms with Crippen LogP contribution in [0.15, 0.2) is 59.0 Å². The maximum atomic E-state index is 13.4. The number of nitrogens with one attached hydrogen (secondary N) is 2. The third-order valence-corrected chi connectivity index (χ3v) is 6.71. The van der Waals surface area contributed by atoms with E-state index in [0.717, 1.165) is 11.3 Å². The van der Waals surface area contributed by atoms with Crippen molar-refractivity contribution in [2.45, 2.75) is 33.4 Å². The minimum atomic E-state index is -0.408. The van der Waals surface area contributed by atoms with Gasteiger partial charge in [-0.3, -0.25) is 14.6 Å². The number of likely N-dealkylation sites (tertiary alicyclic amines) is 1. The van der Waals surface area contributed by atoms with Gasteiger partial charge >= 0.3 is 6.03 Å². The molecule has 2 unspecified atom stereocenters. The number of pyridine rings is 1. The number of rotatable bonds is 7. The number of carbonyl (C=O) groups is 3. The zero-order valence-corrected chi connectivity index (χ0v) is 24.6. The number of quaternary nitrogens is 1. The first-order chi connectivity index (χ1) is 18.7. The van der Waals surface area contributed by atoms with Crippen LogP contribution in [-0.4, -0.2) is 86.2 Å². The molecule has 2 heterocycles. The monoisotopic (exact) mass is 549 g/mol. The molecule has 214 valence electrons. The van der Waals surface area contributed by atoms with Gasteiger partial charge in [0.25, 0.3) is 11.8 Å². The fourth-order valence-electron chi connectivity index (χ4n) is 4.68. The van der Waals surface area contributed by atoms with E-state index in [1.165, 1.54) is 9.80 Å². The summed E-state index contributed by atoms with van der Waals surface area (Å²) in [5.41, 5.74) is 10.0. The van der Waals surface area contributed by atoms with Crippen molar-refractivity contribution in [2.24, 2.45) is 16.6 Å². The molecule has 2 atom stereocenters. The van der Waals surface area contributed by atoms with Crippen LogP contribution in [0.5, 0.6) is 0 Å². The van der Waals surface area contributed by atoms with E-state index in [1.807, 2.05) is 39.1 Å². The molecule has 0 radical (unpaired) electrons. The van der Waals surface area contributed by atoms with Gasteiger partial charge in [0.1, 0.15) is 5.71 Å².